The third-order valence-electron chi connectivity index (χ3n) is 3.79. The summed E-state index contributed by atoms with van der Waals surface area (Å²) in [7, 11) is 0. The Labute approximate surface area is 155 Å². The number of carbonyl (C=O) groups excluding carboxylic acids is 1. The van der Waals surface area contributed by atoms with Crippen molar-refractivity contribution in [2.24, 2.45) is 5.73 Å². The minimum absolute atomic E-state index is 0.133. The highest BCUT2D eigenvalue weighted by Crippen LogP contribution is 2.28. The third kappa shape index (κ3) is 4.35. The van der Waals surface area contributed by atoms with E-state index in [4.69, 9.17) is 21.3 Å². The van der Waals surface area contributed by atoms with Gasteiger partial charge < -0.3 is 26.6 Å². The molecule has 136 valence electrons. The predicted octanol–water partition coefficient (Wildman–Crippen LogP) is 3.60. The van der Waals surface area contributed by atoms with Gasteiger partial charge in [-0.25, -0.2) is 4.79 Å². The molecule has 0 aromatic heterocycles. The molecule has 27 heavy (non-hydrogen) atoms. The first-order valence-corrected chi connectivity index (χ1v) is 8.00. The topological polar surface area (TPSA) is 128 Å². The van der Waals surface area contributed by atoms with Crippen LogP contribution in [0.4, 0.5) is 17.1 Å². The Morgan fingerprint density at radius 3 is 2.26 bits per heavy atom. The van der Waals surface area contributed by atoms with Crippen molar-refractivity contribution in [1.82, 2.24) is 0 Å². The van der Waals surface area contributed by atoms with E-state index in [-0.39, 0.29) is 5.56 Å². The number of primary amides is 1. The maximum atomic E-state index is 11.1. The summed E-state index contributed by atoms with van der Waals surface area (Å²) >= 11 is 0. The standard InChI is InChI=1S/C20H17N3O4/c21-17-9-6-13(20(25)26)10-18(17)23-14-2-1-3-16(11-14)27-15-7-4-12(5-8-15)19(22)24/h1-11,23H,21H2,(H2,22,24)(H,25,26). The van der Waals surface area contributed by atoms with Crippen LogP contribution in [0.25, 0.3) is 0 Å². The van der Waals surface area contributed by atoms with Crippen LogP contribution in [0.3, 0.4) is 0 Å². The molecule has 0 unspecified atom stereocenters. The van der Waals surface area contributed by atoms with E-state index >= 15 is 0 Å². The van der Waals surface area contributed by atoms with Crippen molar-refractivity contribution >= 4 is 28.9 Å². The molecule has 0 saturated heterocycles. The van der Waals surface area contributed by atoms with Gasteiger partial charge in [0.1, 0.15) is 11.5 Å². The van der Waals surface area contributed by atoms with Crippen molar-refractivity contribution in [2.45, 2.75) is 0 Å². The number of aromatic carboxylic acids is 1. The first-order valence-electron chi connectivity index (χ1n) is 8.00. The lowest BCUT2D eigenvalue weighted by molar-refractivity contribution is 0.0696. The summed E-state index contributed by atoms with van der Waals surface area (Å²) in [5.74, 6) is -0.437. The van der Waals surface area contributed by atoms with Gasteiger partial charge in [-0.1, -0.05) is 6.07 Å². The number of carbonyl (C=O) groups is 2. The average molecular weight is 363 g/mol. The van der Waals surface area contributed by atoms with E-state index in [2.05, 4.69) is 5.32 Å². The van der Waals surface area contributed by atoms with Crippen molar-refractivity contribution in [3.8, 4) is 11.5 Å². The fourth-order valence-corrected chi connectivity index (χ4v) is 2.41. The summed E-state index contributed by atoms with van der Waals surface area (Å²) in [6, 6.07) is 18.0. The van der Waals surface area contributed by atoms with E-state index in [1.165, 1.54) is 18.2 Å². The Balaban J connectivity index is 1.79. The van der Waals surface area contributed by atoms with Gasteiger partial charge in [-0.15, -0.1) is 0 Å². The number of rotatable bonds is 6. The molecule has 7 heteroatoms. The number of benzene rings is 3. The summed E-state index contributed by atoms with van der Waals surface area (Å²) < 4.78 is 5.77. The number of hydrogen-bond acceptors (Lipinski definition) is 5. The molecule has 0 aliphatic heterocycles. The zero-order chi connectivity index (χ0) is 19.4. The maximum Gasteiger partial charge on any atom is 0.335 e. The fraction of sp³-hybridized carbons (Fsp3) is 0. The van der Waals surface area contributed by atoms with Crippen LogP contribution in [0.2, 0.25) is 0 Å². The molecule has 0 bridgehead atoms. The summed E-state index contributed by atoms with van der Waals surface area (Å²) in [5.41, 5.74) is 13.2. The van der Waals surface area contributed by atoms with E-state index in [0.717, 1.165) is 0 Å². The van der Waals surface area contributed by atoms with Crippen LogP contribution in [0.15, 0.2) is 66.7 Å². The predicted molar refractivity (Wildman–Crippen MR) is 103 cm³/mol. The lowest BCUT2D eigenvalue weighted by atomic mass is 10.1. The molecule has 0 saturated carbocycles. The van der Waals surface area contributed by atoms with Crippen molar-refractivity contribution in [2.75, 3.05) is 11.1 Å². The monoisotopic (exact) mass is 363 g/mol. The van der Waals surface area contributed by atoms with E-state index in [9.17, 15) is 9.59 Å². The highest BCUT2D eigenvalue weighted by molar-refractivity contribution is 5.93. The summed E-state index contributed by atoms with van der Waals surface area (Å²) in [4.78, 5) is 22.2. The quantitative estimate of drug-likeness (QED) is 0.495. The molecule has 1 amide bonds. The van der Waals surface area contributed by atoms with Crippen LogP contribution >= 0.6 is 0 Å². The Morgan fingerprint density at radius 2 is 1.59 bits per heavy atom. The van der Waals surface area contributed by atoms with Crippen molar-refractivity contribution in [1.29, 1.82) is 0 Å². The second-order valence-electron chi connectivity index (χ2n) is 5.75. The van der Waals surface area contributed by atoms with E-state index in [1.54, 1.807) is 48.5 Å². The second kappa shape index (κ2) is 7.49. The smallest absolute Gasteiger partial charge is 0.335 e. The molecule has 0 atom stereocenters. The molecule has 0 heterocycles. The molecule has 6 N–H and O–H groups in total. The first-order chi connectivity index (χ1) is 12.9. The Morgan fingerprint density at radius 1 is 0.889 bits per heavy atom. The number of nitrogen functional groups attached to an aromatic ring is 1. The summed E-state index contributed by atoms with van der Waals surface area (Å²) in [5, 5.41) is 12.2. The van der Waals surface area contributed by atoms with Crippen molar-refractivity contribution < 1.29 is 19.4 Å². The Hall–Kier alpha value is -4.00. The Kier molecular flexibility index (Phi) is 4.94. The van der Waals surface area contributed by atoms with Gasteiger partial charge in [0.25, 0.3) is 0 Å². The zero-order valence-corrected chi connectivity index (χ0v) is 14.2. The van der Waals surface area contributed by atoms with Crippen LogP contribution in [0, 0.1) is 0 Å². The van der Waals surface area contributed by atoms with Crippen LogP contribution in [0.5, 0.6) is 11.5 Å². The second-order valence-corrected chi connectivity index (χ2v) is 5.75. The SMILES string of the molecule is NC(=O)c1ccc(Oc2cccc(Nc3cc(C(=O)O)ccc3N)c2)cc1. The molecule has 3 aromatic carbocycles. The summed E-state index contributed by atoms with van der Waals surface area (Å²) in [6.45, 7) is 0. The van der Waals surface area contributed by atoms with E-state index in [0.29, 0.717) is 34.1 Å². The molecule has 0 radical (unpaired) electrons. The molecular weight excluding hydrogens is 346 g/mol. The first kappa shape index (κ1) is 17.8. The lowest BCUT2D eigenvalue weighted by Gasteiger charge is -2.12. The van der Waals surface area contributed by atoms with Crippen molar-refractivity contribution in [3.63, 3.8) is 0 Å². The molecule has 3 aromatic rings. The van der Waals surface area contributed by atoms with Crippen LogP contribution in [-0.4, -0.2) is 17.0 Å². The van der Waals surface area contributed by atoms with Gasteiger partial charge in [0.15, 0.2) is 0 Å². The highest BCUT2D eigenvalue weighted by atomic mass is 16.5. The number of ether oxygens (including phenoxy) is 1. The maximum absolute atomic E-state index is 11.1. The van der Waals surface area contributed by atoms with Gasteiger partial charge in [-0.2, -0.15) is 0 Å². The third-order valence-corrected chi connectivity index (χ3v) is 3.79. The molecule has 0 spiro atoms. The molecule has 0 aliphatic carbocycles. The van der Waals surface area contributed by atoms with Gasteiger partial charge in [0.2, 0.25) is 5.91 Å². The number of carboxylic acids is 1. The molecular formula is C20H17N3O4. The number of hydrogen-bond donors (Lipinski definition) is 4. The van der Waals surface area contributed by atoms with Crippen LogP contribution in [-0.2, 0) is 0 Å². The van der Waals surface area contributed by atoms with Gasteiger partial charge in [0, 0.05) is 17.3 Å². The molecule has 0 aliphatic rings. The van der Waals surface area contributed by atoms with Gasteiger partial charge in [0.05, 0.1) is 16.9 Å². The van der Waals surface area contributed by atoms with Gasteiger partial charge >= 0.3 is 5.97 Å². The van der Waals surface area contributed by atoms with Crippen LogP contribution in [0.1, 0.15) is 20.7 Å². The van der Waals surface area contributed by atoms with E-state index in [1.807, 2.05) is 0 Å². The molecule has 0 fully saturated rings. The molecule has 3 rings (SSSR count). The number of amides is 1. The molecule has 7 nitrogen and oxygen atoms in total. The largest absolute Gasteiger partial charge is 0.478 e. The van der Waals surface area contributed by atoms with Gasteiger partial charge in [-0.3, -0.25) is 4.79 Å². The van der Waals surface area contributed by atoms with E-state index < -0.39 is 11.9 Å². The Bertz CT molecular complexity index is 1000. The minimum atomic E-state index is -1.03. The van der Waals surface area contributed by atoms with Gasteiger partial charge in [-0.05, 0) is 54.6 Å². The highest BCUT2D eigenvalue weighted by Gasteiger charge is 2.08. The fourth-order valence-electron chi connectivity index (χ4n) is 2.41. The summed E-state index contributed by atoms with van der Waals surface area (Å²) in [6.07, 6.45) is 0. The number of anilines is 3. The zero-order valence-electron chi connectivity index (χ0n) is 14.2. The van der Waals surface area contributed by atoms with Crippen LogP contribution < -0.4 is 21.5 Å². The number of carboxylic acid groups (broad SMARTS) is 1. The average Bonchev–Trinajstić information content (AvgIpc) is 2.64. The number of nitrogens with one attached hydrogen (secondary N) is 1. The number of nitrogens with two attached hydrogens (primary N) is 2. The lowest BCUT2D eigenvalue weighted by Crippen LogP contribution is -2.10. The normalized spacial score (nSPS) is 10.2. The minimum Gasteiger partial charge on any atom is -0.478 e. The van der Waals surface area contributed by atoms with Crippen molar-refractivity contribution in [3.05, 3.63) is 77.9 Å².